The molecule has 0 bridgehead atoms. The normalized spacial score (nSPS) is 15.5. The van der Waals surface area contributed by atoms with Gasteiger partial charge in [0.2, 0.25) is 15.9 Å². The third-order valence-corrected chi connectivity index (χ3v) is 4.68. The molecule has 5 N–H and O–H groups in total. The number of thiocarbonyl (C=S) groups is 1. The zero-order valence-corrected chi connectivity index (χ0v) is 11.8. The van der Waals surface area contributed by atoms with Gasteiger partial charge in [-0.3, -0.25) is 4.79 Å². The standard InChI is InChI=1S/C9H19N3O3S2/c1-4-6(9(11)16)17(14,15)12-7(5(2)3)8(10)13/h5-7,12H,4H2,1-3H3,(H2,10,13)(H2,11,16). The molecule has 0 spiro atoms. The number of amides is 1. The van der Waals surface area contributed by atoms with Gasteiger partial charge in [-0.15, -0.1) is 0 Å². The van der Waals surface area contributed by atoms with Crippen molar-refractivity contribution in [3.8, 4) is 0 Å². The molecule has 0 radical (unpaired) electrons. The minimum Gasteiger partial charge on any atom is -0.392 e. The van der Waals surface area contributed by atoms with E-state index in [1.54, 1.807) is 20.8 Å². The van der Waals surface area contributed by atoms with Gasteiger partial charge in [-0.05, 0) is 12.3 Å². The molecule has 0 aromatic heterocycles. The van der Waals surface area contributed by atoms with Crippen molar-refractivity contribution in [3.05, 3.63) is 0 Å². The van der Waals surface area contributed by atoms with Crippen LogP contribution in [0.15, 0.2) is 0 Å². The maximum atomic E-state index is 11.9. The van der Waals surface area contributed by atoms with Crippen molar-refractivity contribution in [1.29, 1.82) is 0 Å². The van der Waals surface area contributed by atoms with Crippen LogP contribution < -0.4 is 16.2 Å². The molecule has 0 saturated carbocycles. The molecule has 100 valence electrons. The van der Waals surface area contributed by atoms with E-state index in [1.807, 2.05) is 0 Å². The first-order chi connectivity index (χ1) is 7.63. The first-order valence-electron chi connectivity index (χ1n) is 5.23. The molecule has 6 nitrogen and oxygen atoms in total. The van der Waals surface area contributed by atoms with Crippen LogP contribution in [-0.4, -0.2) is 30.6 Å². The summed E-state index contributed by atoms with van der Waals surface area (Å²) in [6.45, 7) is 5.04. The molecule has 8 heteroatoms. The van der Waals surface area contributed by atoms with Crippen LogP contribution in [0.3, 0.4) is 0 Å². The molecule has 0 aliphatic heterocycles. The summed E-state index contributed by atoms with van der Waals surface area (Å²) < 4.78 is 26.1. The number of primary amides is 1. The van der Waals surface area contributed by atoms with E-state index in [2.05, 4.69) is 4.72 Å². The third kappa shape index (κ3) is 4.57. The fourth-order valence-corrected chi connectivity index (χ4v) is 3.55. The first-order valence-corrected chi connectivity index (χ1v) is 7.18. The predicted octanol–water partition coefficient (Wildman–Crippen LogP) is -0.520. The molecule has 1 amide bonds. The van der Waals surface area contributed by atoms with Crippen molar-refractivity contribution >= 4 is 33.1 Å². The number of hydrogen-bond acceptors (Lipinski definition) is 4. The highest BCUT2D eigenvalue weighted by molar-refractivity contribution is 7.93. The number of nitrogens with two attached hydrogens (primary N) is 2. The minimum atomic E-state index is -3.78. The molecular formula is C9H19N3O3S2. The van der Waals surface area contributed by atoms with Gasteiger partial charge in [-0.2, -0.15) is 0 Å². The average Bonchev–Trinajstić information content (AvgIpc) is 2.13. The fraction of sp³-hybridized carbons (Fsp3) is 0.778. The highest BCUT2D eigenvalue weighted by Gasteiger charge is 2.32. The van der Waals surface area contributed by atoms with Crippen molar-refractivity contribution in [3.63, 3.8) is 0 Å². The van der Waals surface area contributed by atoms with Crippen LogP contribution in [0.1, 0.15) is 27.2 Å². The monoisotopic (exact) mass is 281 g/mol. The third-order valence-electron chi connectivity index (χ3n) is 2.33. The first kappa shape index (κ1) is 16.3. The highest BCUT2D eigenvalue weighted by atomic mass is 32.2. The zero-order valence-electron chi connectivity index (χ0n) is 10.1. The van der Waals surface area contributed by atoms with Crippen molar-refractivity contribution in [1.82, 2.24) is 4.72 Å². The smallest absolute Gasteiger partial charge is 0.235 e. The Balaban J connectivity index is 5.08. The Morgan fingerprint density at radius 2 is 1.82 bits per heavy atom. The Hall–Kier alpha value is -0.730. The van der Waals surface area contributed by atoms with Crippen LogP contribution in [0.5, 0.6) is 0 Å². The molecule has 0 rings (SSSR count). The van der Waals surface area contributed by atoms with E-state index in [0.717, 1.165) is 0 Å². The quantitative estimate of drug-likeness (QED) is 0.543. The lowest BCUT2D eigenvalue weighted by molar-refractivity contribution is -0.120. The molecule has 0 aliphatic carbocycles. The van der Waals surface area contributed by atoms with Gasteiger partial charge in [-0.25, -0.2) is 13.1 Å². The summed E-state index contributed by atoms with van der Waals surface area (Å²) in [5.41, 5.74) is 10.5. The van der Waals surface area contributed by atoms with E-state index in [-0.39, 0.29) is 17.3 Å². The molecule has 2 unspecified atom stereocenters. The Morgan fingerprint density at radius 3 is 2.06 bits per heavy atom. The van der Waals surface area contributed by atoms with Crippen LogP contribution in [-0.2, 0) is 14.8 Å². The Labute approximate surface area is 107 Å². The molecule has 0 aromatic carbocycles. The van der Waals surface area contributed by atoms with Crippen LogP contribution in [0.25, 0.3) is 0 Å². The van der Waals surface area contributed by atoms with Gasteiger partial charge in [0.15, 0.2) is 0 Å². The van der Waals surface area contributed by atoms with Gasteiger partial charge in [-0.1, -0.05) is 33.0 Å². The van der Waals surface area contributed by atoms with E-state index in [1.165, 1.54) is 0 Å². The lowest BCUT2D eigenvalue weighted by atomic mass is 10.1. The summed E-state index contributed by atoms with van der Waals surface area (Å²) in [5.74, 6) is -0.965. The molecule has 17 heavy (non-hydrogen) atoms. The molecule has 0 saturated heterocycles. The molecule has 0 fully saturated rings. The van der Waals surface area contributed by atoms with Gasteiger partial charge in [0.1, 0.15) is 11.3 Å². The number of nitrogens with one attached hydrogen (secondary N) is 1. The Kier molecular flexibility index (Phi) is 6.00. The molecular weight excluding hydrogens is 262 g/mol. The molecule has 0 aliphatic rings. The second kappa shape index (κ2) is 6.27. The van der Waals surface area contributed by atoms with E-state index < -0.39 is 27.2 Å². The number of carbonyl (C=O) groups is 1. The van der Waals surface area contributed by atoms with Crippen molar-refractivity contribution in [2.45, 2.75) is 38.5 Å². The summed E-state index contributed by atoms with van der Waals surface area (Å²) in [4.78, 5) is 11.0. The molecule has 2 atom stereocenters. The number of hydrogen-bond donors (Lipinski definition) is 3. The summed E-state index contributed by atoms with van der Waals surface area (Å²) in [6.07, 6.45) is 0.244. The zero-order chi connectivity index (χ0) is 13.8. The number of carbonyl (C=O) groups excluding carboxylic acids is 1. The van der Waals surface area contributed by atoms with E-state index in [0.29, 0.717) is 0 Å². The van der Waals surface area contributed by atoms with Crippen LogP contribution in [0.4, 0.5) is 0 Å². The van der Waals surface area contributed by atoms with Gasteiger partial charge < -0.3 is 11.5 Å². The number of sulfonamides is 1. The van der Waals surface area contributed by atoms with Gasteiger partial charge in [0, 0.05) is 0 Å². The van der Waals surface area contributed by atoms with E-state index in [4.69, 9.17) is 23.7 Å². The fourth-order valence-electron chi connectivity index (χ4n) is 1.36. The largest absolute Gasteiger partial charge is 0.392 e. The summed E-state index contributed by atoms with van der Waals surface area (Å²) in [6, 6.07) is -0.955. The van der Waals surface area contributed by atoms with Crippen LogP contribution in [0, 0.1) is 5.92 Å². The van der Waals surface area contributed by atoms with Crippen LogP contribution >= 0.6 is 12.2 Å². The Morgan fingerprint density at radius 1 is 1.35 bits per heavy atom. The van der Waals surface area contributed by atoms with Crippen molar-refractivity contribution < 1.29 is 13.2 Å². The summed E-state index contributed by atoms with van der Waals surface area (Å²) in [5, 5.41) is -0.988. The highest BCUT2D eigenvalue weighted by Crippen LogP contribution is 2.09. The maximum Gasteiger partial charge on any atom is 0.235 e. The molecule has 0 heterocycles. The summed E-state index contributed by atoms with van der Waals surface area (Å²) in [7, 11) is -3.78. The van der Waals surface area contributed by atoms with Crippen molar-refractivity contribution in [2.24, 2.45) is 17.4 Å². The van der Waals surface area contributed by atoms with Gasteiger partial charge in [0.05, 0.1) is 4.99 Å². The van der Waals surface area contributed by atoms with Gasteiger partial charge >= 0.3 is 0 Å². The van der Waals surface area contributed by atoms with E-state index >= 15 is 0 Å². The minimum absolute atomic E-state index is 0.119. The van der Waals surface area contributed by atoms with Gasteiger partial charge in [0.25, 0.3) is 0 Å². The lowest BCUT2D eigenvalue weighted by Crippen LogP contribution is -2.52. The Bertz CT molecular complexity index is 392. The maximum absolute atomic E-state index is 11.9. The predicted molar refractivity (Wildman–Crippen MR) is 70.7 cm³/mol. The SMILES string of the molecule is CCC(C(N)=S)S(=O)(=O)NC(C(N)=O)C(C)C. The topological polar surface area (TPSA) is 115 Å². The average molecular weight is 281 g/mol. The van der Waals surface area contributed by atoms with Crippen LogP contribution in [0.2, 0.25) is 0 Å². The number of rotatable bonds is 7. The second-order valence-electron chi connectivity index (χ2n) is 4.09. The summed E-state index contributed by atoms with van der Waals surface area (Å²) >= 11 is 4.69. The van der Waals surface area contributed by atoms with E-state index in [9.17, 15) is 13.2 Å². The van der Waals surface area contributed by atoms with Crippen molar-refractivity contribution in [2.75, 3.05) is 0 Å². The lowest BCUT2D eigenvalue weighted by Gasteiger charge is -2.22. The molecule has 0 aromatic rings. The second-order valence-corrected chi connectivity index (χ2v) is 6.45.